The van der Waals surface area contributed by atoms with Crippen LogP contribution in [0.5, 0.6) is 0 Å². The van der Waals surface area contributed by atoms with E-state index >= 15 is 0 Å². The van der Waals surface area contributed by atoms with Crippen molar-refractivity contribution >= 4 is 5.97 Å². The highest BCUT2D eigenvalue weighted by Gasteiger charge is 2.60. The monoisotopic (exact) mass is 306 g/mol. The number of aliphatic hydroxyl groups excluding tert-OH is 1. The Hall–Kier alpha value is -0.780. The lowest BCUT2D eigenvalue weighted by Gasteiger charge is -2.58. The summed E-state index contributed by atoms with van der Waals surface area (Å²) in [5.41, 5.74) is -3.27. The lowest BCUT2D eigenvalue weighted by molar-refractivity contribution is -0.248. The van der Waals surface area contributed by atoms with Crippen molar-refractivity contribution in [2.45, 2.75) is 63.8 Å². The molecule has 2 unspecified atom stereocenters. The molecule has 2 atom stereocenters. The molecule has 4 fully saturated rings. The largest absolute Gasteiger partial charge is 0.458 e. The van der Waals surface area contributed by atoms with Crippen LogP contribution in [0.4, 0.5) is 13.2 Å². The molecule has 21 heavy (non-hydrogen) atoms. The van der Waals surface area contributed by atoms with Crippen LogP contribution in [-0.4, -0.2) is 29.0 Å². The van der Waals surface area contributed by atoms with Gasteiger partial charge in [-0.1, -0.05) is 0 Å². The number of aliphatic hydroxyl groups is 1. The van der Waals surface area contributed by atoms with Crippen molar-refractivity contribution in [1.29, 1.82) is 0 Å². The SMILES string of the molecule is CC(C)(C(=O)OC12CC3CC(C1)C(O)C(C3)C2)C(F)(F)F. The van der Waals surface area contributed by atoms with Gasteiger partial charge in [0.1, 0.15) is 5.60 Å². The Morgan fingerprint density at radius 1 is 1.14 bits per heavy atom. The fraction of sp³-hybridized carbons (Fsp3) is 0.933. The Balaban J connectivity index is 1.78. The summed E-state index contributed by atoms with van der Waals surface area (Å²) < 4.78 is 44.3. The van der Waals surface area contributed by atoms with Crippen LogP contribution in [0.1, 0.15) is 46.0 Å². The van der Waals surface area contributed by atoms with Crippen molar-refractivity contribution in [3.8, 4) is 0 Å². The summed E-state index contributed by atoms with van der Waals surface area (Å²) >= 11 is 0. The zero-order valence-corrected chi connectivity index (χ0v) is 12.2. The predicted molar refractivity (Wildman–Crippen MR) is 68.2 cm³/mol. The van der Waals surface area contributed by atoms with Crippen LogP contribution in [0.25, 0.3) is 0 Å². The lowest BCUT2D eigenvalue weighted by atomic mass is 9.53. The molecule has 0 aromatic rings. The van der Waals surface area contributed by atoms with Gasteiger partial charge in [0.15, 0.2) is 5.41 Å². The van der Waals surface area contributed by atoms with E-state index in [1.165, 1.54) is 0 Å². The average Bonchev–Trinajstić information content (AvgIpc) is 2.32. The Bertz CT molecular complexity index is 442. The maximum absolute atomic E-state index is 13.0. The van der Waals surface area contributed by atoms with Gasteiger partial charge >= 0.3 is 12.1 Å². The highest BCUT2D eigenvalue weighted by atomic mass is 19.4. The van der Waals surface area contributed by atoms with Gasteiger partial charge in [-0.2, -0.15) is 13.2 Å². The first-order valence-electron chi connectivity index (χ1n) is 7.52. The second-order valence-electron chi connectivity index (χ2n) is 7.66. The molecule has 0 aromatic heterocycles. The summed E-state index contributed by atoms with van der Waals surface area (Å²) in [4.78, 5) is 12.1. The minimum absolute atomic E-state index is 0.0676. The standard InChI is InChI=1S/C15H21F3O3/c1-13(2,15(16,17)18)12(20)21-14-5-8-3-9(6-14)11(19)10(4-8)7-14/h8-11,19H,3-7H2,1-2H3. The number of alkyl halides is 3. The molecule has 0 spiro atoms. The third-order valence-electron chi connectivity index (χ3n) is 5.70. The van der Waals surface area contributed by atoms with Crippen LogP contribution in [0.2, 0.25) is 0 Å². The number of carbonyl (C=O) groups is 1. The van der Waals surface area contributed by atoms with Crippen molar-refractivity contribution in [2.24, 2.45) is 23.2 Å². The molecule has 0 aliphatic heterocycles. The molecule has 4 rings (SSSR count). The minimum atomic E-state index is -4.62. The van der Waals surface area contributed by atoms with E-state index in [1.54, 1.807) is 0 Å². The maximum atomic E-state index is 13.0. The Morgan fingerprint density at radius 3 is 2.14 bits per heavy atom. The van der Waals surface area contributed by atoms with Gasteiger partial charge in [-0.05, 0) is 63.7 Å². The number of carbonyl (C=O) groups excluding carboxylic acids is 1. The number of esters is 1. The molecule has 6 heteroatoms. The third-order valence-corrected chi connectivity index (χ3v) is 5.70. The van der Waals surface area contributed by atoms with E-state index in [-0.39, 0.29) is 17.9 Å². The number of rotatable bonds is 2. The zero-order chi connectivity index (χ0) is 15.6. The van der Waals surface area contributed by atoms with Gasteiger partial charge in [-0.3, -0.25) is 4.79 Å². The maximum Gasteiger partial charge on any atom is 0.404 e. The smallest absolute Gasteiger partial charge is 0.404 e. The zero-order valence-electron chi connectivity index (χ0n) is 12.2. The van der Waals surface area contributed by atoms with E-state index in [9.17, 15) is 23.1 Å². The minimum Gasteiger partial charge on any atom is -0.458 e. The summed E-state index contributed by atoms with van der Waals surface area (Å²) in [6, 6.07) is 0. The van der Waals surface area contributed by atoms with E-state index in [2.05, 4.69) is 0 Å². The van der Waals surface area contributed by atoms with E-state index in [0.717, 1.165) is 26.7 Å². The molecular weight excluding hydrogens is 285 g/mol. The van der Waals surface area contributed by atoms with Crippen LogP contribution in [0.15, 0.2) is 0 Å². The predicted octanol–water partition coefficient (Wildman–Crippen LogP) is 3.06. The molecule has 120 valence electrons. The van der Waals surface area contributed by atoms with Crippen molar-refractivity contribution < 1.29 is 27.8 Å². The molecule has 4 aliphatic rings. The van der Waals surface area contributed by atoms with E-state index < -0.39 is 23.2 Å². The summed E-state index contributed by atoms with van der Waals surface area (Å²) in [5.74, 6) is -0.685. The molecule has 0 saturated heterocycles. The first-order valence-corrected chi connectivity index (χ1v) is 7.52. The van der Waals surface area contributed by atoms with Crippen LogP contribution in [0, 0.1) is 23.2 Å². The van der Waals surface area contributed by atoms with Crippen molar-refractivity contribution in [2.75, 3.05) is 0 Å². The van der Waals surface area contributed by atoms with E-state index in [4.69, 9.17) is 4.74 Å². The molecule has 1 N–H and O–H groups in total. The first-order chi connectivity index (χ1) is 9.54. The molecule has 0 aromatic carbocycles. The lowest BCUT2D eigenvalue weighted by Crippen LogP contribution is -2.59. The molecule has 3 nitrogen and oxygen atoms in total. The van der Waals surface area contributed by atoms with Crippen LogP contribution < -0.4 is 0 Å². The number of ether oxygens (including phenoxy) is 1. The Morgan fingerprint density at radius 2 is 1.67 bits per heavy atom. The summed E-state index contributed by atoms with van der Waals surface area (Å²) in [7, 11) is 0. The van der Waals surface area contributed by atoms with E-state index in [1.807, 2.05) is 0 Å². The second kappa shape index (κ2) is 4.37. The highest BCUT2D eigenvalue weighted by Crippen LogP contribution is 2.57. The van der Waals surface area contributed by atoms with Crippen molar-refractivity contribution in [3.63, 3.8) is 0 Å². The third kappa shape index (κ3) is 2.26. The molecule has 4 saturated carbocycles. The Kier molecular flexibility index (Phi) is 3.15. The topological polar surface area (TPSA) is 46.5 Å². The van der Waals surface area contributed by atoms with Crippen molar-refractivity contribution in [3.05, 3.63) is 0 Å². The van der Waals surface area contributed by atoms with Crippen LogP contribution >= 0.6 is 0 Å². The van der Waals surface area contributed by atoms with Gasteiger partial charge in [0.2, 0.25) is 0 Å². The normalized spacial score (nSPS) is 42.2. The van der Waals surface area contributed by atoms with Gasteiger partial charge in [0.05, 0.1) is 6.10 Å². The fourth-order valence-electron chi connectivity index (χ4n) is 4.49. The van der Waals surface area contributed by atoms with E-state index in [0.29, 0.717) is 25.2 Å². The van der Waals surface area contributed by atoms with Gasteiger partial charge in [0, 0.05) is 0 Å². The molecule has 0 radical (unpaired) electrons. The molecule has 0 heterocycles. The second-order valence-corrected chi connectivity index (χ2v) is 7.66. The highest BCUT2D eigenvalue weighted by molar-refractivity contribution is 5.77. The van der Waals surface area contributed by atoms with Gasteiger partial charge in [-0.15, -0.1) is 0 Å². The molecule has 0 amide bonds. The summed E-state index contributed by atoms with van der Waals surface area (Å²) in [5, 5.41) is 10.1. The molecular formula is C15H21F3O3. The summed E-state index contributed by atoms with van der Waals surface area (Å²) in [6.07, 6.45) is -1.55. The number of hydrogen-bond acceptors (Lipinski definition) is 3. The van der Waals surface area contributed by atoms with Gasteiger partial charge in [0.25, 0.3) is 0 Å². The fourth-order valence-corrected chi connectivity index (χ4v) is 4.49. The van der Waals surface area contributed by atoms with Crippen LogP contribution in [0.3, 0.4) is 0 Å². The van der Waals surface area contributed by atoms with Crippen LogP contribution in [-0.2, 0) is 9.53 Å². The quantitative estimate of drug-likeness (QED) is 0.798. The Labute approximate surface area is 121 Å². The van der Waals surface area contributed by atoms with Crippen molar-refractivity contribution in [1.82, 2.24) is 0 Å². The average molecular weight is 306 g/mol. The molecule has 4 aliphatic carbocycles. The number of halogens is 3. The first kappa shape index (κ1) is 15.1. The van der Waals surface area contributed by atoms with Gasteiger partial charge in [-0.25, -0.2) is 0 Å². The number of hydrogen-bond donors (Lipinski definition) is 1. The van der Waals surface area contributed by atoms with Gasteiger partial charge < -0.3 is 9.84 Å². The summed E-state index contributed by atoms with van der Waals surface area (Å²) in [6.45, 7) is 1.73. The molecule has 4 bridgehead atoms.